The summed E-state index contributed by atoms with van der Waals surface area (Å²) >= 11 is 0. The van der Waals surface area contributed by atoms with Crippen LogP contribution >= 0.6 is 0 Å². The number of nitrogens with one attached hydrogen (secondary N) is 2. The normalized spacial score (nSPS) is 17.5. The molecule has 1 saturated carbocycles. The summed E-state index contributed by atoms with van der Waals surface area (Å²) in [5, 5.41) is 3.31. The molecule has 21 heavy (non-hydrogen) atoms. The van der Waals surface area contributed by atoms with E-state index in [9.17, 15) is 8.42 Å². The molecule has 0 unspecified atom stereocenters. The highest BCUT2D eigenvalue weighted by Crippen LogP contribution is 2.20. The average molecular weight is 313 g/mol. The summed E-state index contributed by atoms with van der Waals surface area (Å²) in [4.78, 5) is 0.371. The molecule has 2 N–H and O–H groups in total. The van der Waals surface area contributed by atoms with E-state index in [1.807, 2.05) is 11.6 Å². The van der Waals surface area contributed by atoms with Gasteiger partial charge < -0.3 is 9.88 Å². The molecule has 0 radical (unpaired) electrons. The minimum absolute atomic E-state index is 0.0983. The first kappa shape index (κ1) is 16.5. The fourth-order valence-corrected chi connectivity index (χ4v) is 4.12. The highest BCUT2D eigenvalue weighted by Gasteiger charge is 2.23. The number of rotatable bonds is 6. The quantitative estimate of drug-likeness (QED) is 0.846. The van der Waals surface area contributed by atoms with Crippen molar-refractivity contribution in [2.75, 3.05) is 0 Å². The molecule has 0 aromatic carbocycles. The molecule has 1 aliphatic carbocycles. The molecule has 1 aliphatic rings. The van der Waals surface area contributed by atoms with Gasteiger partial charge in [-0.15, -0.1) is 0 Å². The molecule has 1 aromatic rings. The number of aromatic nitrogens is 1. The van der Waals surface area contributed by atoms with Crippen LogP contribution in [0.3, 0.4) is 0 Å². The van der Waals surface area contributed by atoms with Gasteiger partial charge in [-0.1, -0.05) is 33.1 Å². The molecular weight excluding hydrogens is 286 g/mol. The van der Waals surface area contributed by atoms with Crippen molar-refractivity contribution < 1.29 is 8.42 Å². The van der Waals surface area contributed by atoms with Gasteiger partial charge in [0.25, 0.3) is 0 Å². The Bertz CT molecular complexity index is 557. The lowest BCUT2D eigenvalue weighted by atomic mass is 9.96. The largest absolute Gasteiger partial charge is 0.352 e. The van der Waals surface area contributed by atoms with Gasteiger partial charge in [0.15, 0.2) is 0 Å². The topological polar surface area (TPSA) is 63.1 Å². The van der Waals surface area contributed by atoms with Crippen LogP contribution in [0.4, 0.5) is 0 Å². The second kappa shape index (κ2) is 6.94. The molecule has 1 aromatic heterocycles. The molecule has 2 rings (SSSR count). The van der Waals surface area contributed by atoms with Gasteiger partial charge in [0, 0.05) is 37.6 Å². The molecular formula is C15H27N3O2S. The monoisotopic (exact) mass is 313 g/mol. The number of aryl methyl sites for hydroxylation is 1. The third-order valence-corrected chi connectivity index (χ3v) is 5.50. The minimum atomic E-state index is -3.40. The van der Waals surface area contributed by atoms with Gasteiger partial charge >= 0.3 is 0 Å². The van der Waals surface area contributed by atoms with Gasteiger partial charge in [-0.05, 0) is 18.9 Å². The zero-order valence-corrected chi connectivity index (χ0v) is 14.0. The summed E-state index contributed by atoms with van der Waals surface area (Å²) in [6.07, 6.45) is 7.05. The Balaban J connectivity index is 2.07. The second-order valence-electron chi connectivity index (χ2n) is 6.27. The first-order chi connectivity index (χ1) is 9.88. The Labute approximate surface area is 128 Å². The molecule has 0 aliphatic heterocycles. The van der Waals surface area contributed by atoms with Crippen molar-refractivity contribution in [3.05, 3.63) is 18.0 Å². The molecule has 0 spiro atoms. The van der Waals surface area contributed by atoms with E-state index in [1.165, 1.54) is 6.42 Å². The van der Waals surface area contributed by atoms with Crippen LogP contribution in [0.5, 0.6) is 0 Å². The molecule has 1 heterocycles. The van der Waals surface area contributed by atoms with Gasteiger partial charge in [0.1, 0.15) is 0 Å². The SMILES string of the molecule is CC(C)NCc1cc(S(=O)(=O)NC2CCCCC2)cn1C. The van der Waals surface area contributed by atoms with Crippen LogP contribution in [0, 0.1) is 0 Å². The lowest BCUT2D eigenvalue weighted by molar-refractivity contribution is 0.412. The Morgan fingerprint density at radius 2 is 1.95 bits per heavy atom. The number of hydrogen-bond acceptors (Lipinski definition) is 3. The fourth-order valence-electron chi connectivity index (χ4n) is 2.72. The second-order valence-corrected chi connectivity index (χ2v) is 7.98. The highest BCUT2D eigenvalue weighted by atomic mass is 32.2. The lowest BCUT2D eigenvalue weighted by Gasteiger charge is -2.22. The number of hydrogen-bond donors (Lipinski definition) is 2. The van der Waals surface area contributed by atoms with E-state index in [2.05, 4.69) is 23.9 Å². The van der Waals surface area contributed by atoms with Gasteiger partial charge in [-0.25, -0.2) is 13.1 Å². The van der Waals surface area contributed by atoms with E-state index in [4.69, 9.17) is 0 Å². The number of nitrogens with zero attached hydrogens (tertiary/aromatic N) is 1. The third kappa shape index (κ3) is 4.56. The van der Waals surface area contributed by atoms with Crippen LogP contribution in [0.1, 0.15) is 51.6 Å². The zero-order chi connectivity index (χ0) is 15.5. The van der Waals surface area contributed by atoms with Crippen molar-refractivity contribution in [1.82, 2.24) is 14.6 Å². The molecule has 6 heteroatoms. The molecule has 5 nitrogen and oxygen atoms in total. The van der Waals surface area contributed by atoms with Crippen LogP contribution in [-0.4, -0.2) is 25.1 Å². The summed E-state index contributed by atoms with van der Waals surface area (Å²) in [5.74, 6) is 0. The Morgan fingerprint density at radius 3 is 2.57 bits per heavy atom. The van der Waals surface area contributed by atoms with E-state index >= 15 is 0 Å². The van der Waals surface area contributed by atoms with Crippen molar-refractivity contribution in [1.29, 1.82) is 0 Å². The predicted octanol–water partition coefficient (Wildman–Crippen LogP) is 2.13. The van der Waals surface area contributed by atoms with Gasteiger partial charge in [-0.3, -0.25) is 0 Å². The minimum Gasteiger partial charge on any atom is -0.352 e. The molecule has 0 bridgehead atoms. The Hall–Kier alpha value is -0.850. The first-order valence-corrected chi connectivity index (χ1v) is 9.28. The first-order valence-electron chi connectivity index (χ1n) is 7.79. The molecule has 120 valence electrons. The van der Waals surface area contributed by atoms with Crippen molar-refractivity contribution in [2.24, 2.45) is 7.05 Å². The maximum absolute atomic E-state index is 12.5. The predicted molar refractivity (Wildman–Crippen MR) is 84.6 cm³/mol. The molecule has 0 atom stereocenters. The van der Waals surface area contributed by atoms with Crippen LogP contribution in [-0.2, 0) is 23.6 Å². The van der Waals surface area contributed by atoms with Crippen LogP contribution in [0.25, 0.3) is 0 Å². The van der Waals surface area contributed by atoms with Crippen LogP contribution < -0.4 is 10.0 Å². The lowest BCUT2D eigenvalue weighted by Crippen LogP contribution is -2.36. The van der Waals surface area contributed by atoms with Crippen LogP contribution in [0.15, 0.2) is 17.2 Å². The Kier molecular flexibility index (Phi) is 5.46. The standard InChI is InChI=1S/C15H27N3O2S/c1-12(2)16-10-14-9-15(11-18(14)3)21(19,20)17-13-7-5-4-6-8-13/h9,11-13,16-17H,4-8,10H2,1-3H3. The molecule has 0 saturated heterocycles. The van der Waals surface area contributed by atoms with Gasteiger partial charge in [-0.2, -0.15) is 0 Å². The van der Waals surface area contributed by atoms with Crippen molar-refractivity contribution in [3.8, 4) is 0 Å². The average Bonchev–Trinajstić information content (AvgIpc) is 2.79. The summed E-state index contributed by atoms with van der Waals surface area (Å²) in [7, 11) is -1.51. The van der Waals surface area contributed by atoms with Gasteiger partial charge in [0.05, 0.1) is 4.90 Å². The van der Waals surface area contributed by atoms with Crippen molar-refractivity contribution >= 4 is 10.0 Å². The third-order valence-electron chi connectivity index (χ3n) is 4.01. The van der Waals surface area contributed by atoms with Crippen molar-refractivity contribution in [2.45, 2.75) is 69.5 Å². The summed E-state index contributed by atoms with van der Waals surface area (Å²) in [6, 6.07) is 2.24. The summed E-state index contributed by atoms with van der Waals surface area (Å²) in [5.41, 5.74) is 0.979. The Morgan fingerprint density at radius 1 is 1.29 bits per heavy atom. The maximum atomic E-state index is 12.5. The van der Waals surface area contributed by atoms with Crippen LogP contribution in [0.2, 0.25) is 0 Å². The van der Waals surface area contributed by atoms with Crippen molar-refractivity contribution in [3.63, 3.8) is 0 Å². The van der Waals surface area contributed by atoms with E-state index in [-0.39, 0.29) is 6.04 Å². The highest BCUT2D eigenvalue weighted by molar-refractivity contribution is 7.89. The van der Waals surface area contributed by atoms with E-state index in [0.29, 0.717) is 17.5 Å². The van der Waals surface area contributed by atoms with Gasteiger partial charge in [0.2, 0.25) is 10.0 Å². The molecule has 0 amide bonds. The van der Waals surface area contributed by atoms with E-state index in [0.717, 1.165) is 31.4 Å². The molecule has 1 fully saturated rings. The van der Waals surface area contributed by atoms with E-state index in [1.54, 1.807) is 12.3 Å². The summed E-state index contributed by atoms with van der Waals surface area (Å²) < 4.78 is 29.7. The smallest absolute Gasteiger partial charge is 0.242 e. The maximum Gasteiger partial charge on any atom is 0.242 e. The fraction of sp³-hybridized carbons (Fsp3) is 0.733. The number of sulfonamides is 1. The zero-order valence-electron chi connectivity index (χ0n) is 13.2. The van der Waals surface area contributed by atoms with E-state index < -0.39 is 10.0 Å². The summed E-state index contributed by atoms with van der Waals surface area (Å²) in [6.45, 7) is 4.82.